The lowest BCUT2D eigenvalue weighted by molar-refractivity contribution is 0.636. The summed E-state index contributed by atoms with van der Waals surface area (Å²) in [6.45, 7) is 4.36. The predicted octanol–water partition coefficient (Wildman–Crippen LogP) is 5.35. The first-order chi connectivity index (χ1) is 10.2. The molecule has 0 amide bonds. The van der Waals surface area contributed by atoms with Crippen molar-refractivity contribution in [2.24, 2.45) is 0 Å². The third-order valence-electron chi connectivity index (χ3n) is 3.42. The van der Waals surface area contributed by atoms with E-state index in [0.29, 0.717) is 0 Å². The quantitative estimate of drug-likeness (QED) is 0.631. The van der Waals surface area contributed by atoms with Crippen molar-refractivity contribution in [1.82, 2.24) is 0 Å². The van der Waals surface area contributed by atoms with E-state index in [2.05, 4.69) is 31.8 Å². The minimum Gasteiger partial charge on any atom is -0.206 e. The molecule has 0 bridgehead atoms. The maximum absolute atomic E-state index is 14.2. The van der Waals surface area contributed by atoms with Crippen LogP contribution in [-0.4, -0.2) is 0 Å². The molecule has 0 aliphatic rings. The van der Waals surface area contributed by atoms with E-state index in [1.807, 2.05) is 30.3 Å². The van der Waals surface area contributed by atoms with E-state index < -0.39 is 7.92 Å². The zero-order chi connectivity index (χ0) is 15.1. The lowest BCUT2D eigenvalue weighted by atomic mass is 10.2. The van der Waals surface area contributed by atoms with E-state index >= 15 is 0 Å². The van der Waals surface area contributed by atoms with Crippen LogP contribution in [0.1, 0.15) is 33.1 Å². The Morgan fingerprint density at radius 1 is 1.05 bits per heavy atom. The number of hydrogen-bond acceptors (Lipinski definition) is 0. The van der Waals surface area contributed by atoms with Crippen LogP contribution in [0.4, 0.5) is 4.39 Å². The van der Waals surface area contributed by atoms with Crippen molar-refractivity contribution in [3.63, 3.8) is 0 Å². The second kappa shape index (κ2) is 8.10. The van der Waals surface area contributed by atoms with Crippen LogP contribution in [0.3, 0.4) is 0 Å². The Balaban J connectivity index is 2.38. The van der Waals surface area contributed by atoms with Gasteiger partial charge in [0, 0.05) is 5.30 Å². The number of allylic oxidation sites excluding steroid dienone is 1. The zero-order valence-electron chi connectivity index (χ0n) is 12.7. The van der Waals surface area contributed by atoms with E-state index in [1.165, 1.54) is 23.7 Å². The zero-order valence-corrected chi connectivity index (χ0v) is 13.6. The summed E-state index contributed by atoms with van der Waals surface area (Å²) >= 11 is 0. The highest BCUT2D eigenvalue weighted by atomic mass is 31.1. The summed E-state index contributed by atoms with van der Waals surface area (Å²) in [6.07, 6.45) is 3.47. The van der Waals surface area contributed by atoms with Gasteiger partial charge >= 0.3 is 0 Å². The second-order valence-corrected chi connectivity index (χ2v) is 7.23. The van der Waals surface area contributed by atoms with E-state index in [-0.39, 0.29) is 5.82 Å². The number of unbranched alkanes of at least 4 members (excludes halogenated alkanes) is 1. The van der Waals surface area contributed by atoms with Crippen LogP contribution in [0.5, 0.6) is 0 Å². The molecule has 0 nitrogen and oxygen atoms in total. The molecular weight excluding hydrogens is 278 g/mol. The first-order valence-corrected chi connectivity index (χ1v) is 8.89. The van der Waals surface area contributed by atoms with Crippen LogP contribution in [0.25, 0.3) is 0 Å². The molecule has 0 aliphatic heterocycles. The summed E-state index contributed by atoms with van der Waals surface area (Å²) in [5.41, 5.74) is 1.36. The van der Waals surface area contributed by atoms with Crippen molar-refractivity contribution < 1.29 is 4.39 Å². The lowest BCUT2D eigenvalue weighted by Gasteiger charge is -2.17. The van der Waals surface area contributed by atoms with Gasteiger partial charge in [0.1, 0.15) is 5.82 Å². The van der Waals surface area contributed by atoms with Gasteiger partial charge in [0.05, 0.1) is 0 Å². The molecule has 1 atom stereocenters. The van der Waals surface area contributed by atoms with E-state index in [9.17, 15) is 4.39 Å². The molecule has 2 heteroatoms. The molecule has 1 unspecified atom stereocenters. The smallest absolute Gasteiger partial charge is 0.131 e. The van der Waals surface area contributed by atoms with Crippen LogP contribution in [0.15, 0.2) is 66.0 Å². The average molecular weight is 300 g/mol. The Morgan fingerprint density at radius 3 is 2.38 bits per heavy atom. The molecule has 0 saturated carbocycles. The molecular formula is C19H22FP. The van der Waals surface area contributed by atoms with Gasteiger partial charge in [0.15, 0.2) is 0 Å². The second-order valence-electron chi connectivity index (χ2n) is 5.24. The molecule has 0 fully saturated rings. The molecule has 0 heterocycles. The van der Waals surface area contributed by atoms with Gasteiger partial charge in [-0.3, -0.25) is 0 Å². The van der Waals surface area contributed by atoms with E-state index in [1.54, 1.807) is 12.1 Å². The van der Waals surface area contributed by atoms with Gasteiger partial charge in [-0.05, 0) is 39.1 Å². The molecule has 2 rings (SSSR count). The molecule has 0 aromatic heterocycles. The molecule has 21 heavy (non-hydrogen) atoms. The van der Waals surface area contributed by atoms with Crippen molar-refractivity contribution in [3.05, 3.63) is 71.8 Å². The third-order valence-corrected chi connectivity index (χ3v) is 5.86. The van der Waals surface area contributed by atoms with Gasteiger partial charge in [-0.1, -0.05) is 73.3 Å². The SMILES string of the molecule is CCCC/C(C)=C/P(c1ccccc1)c1ccccc1F. The molecule has 110 valence electrons. The van der Waals surface area contributed by atoms with Crippen molar-refractivity contribution >= 4 is 18.5 Å². The summed E-state index contributed by atoms with van der Waals surface area (Å²) in [5, 5.41) is 2.02. The maximum atomic E-state index is 14.2. The minimum absolute atomic E-state index is 0.105. The van der Waals surface area contributed by atoms with Crippen LogP contribution in [0.2, 0.25) is 0 Å². The van der Waals surface area contributed by atoms with Crippen molar-refractivity contribution in [1.29, 1.82) is 0 Å². The summed E-state index contributed by atoms with van der Waals surface area (Å²) in [4.78, 5) is 0. The third kappa shape index (κ3) is 4.51. The van der Waals surface area contributed by atoms with Gasteiger partial charge in [-0.15, -0.1) is 0 Å². The van der Waals surface area contributed by atoms with E-state index in [4.69, 9.17) is 0 Å². The van der Waals surface area contributed by atoms with E-state index in [0.717, 1.165) is 11.7 Å². The normalized spacial score (nSPS) is 13.2. The fraction of sp³-hybridized carbons (Fsp3) is 0.263. The van der Waals surface area contributed by atoms with Crippen molar-refractivity contribution in [2.75, 3.05) is 0 Å². The molecule has 0 spiro atoms. The summed E-state index contributed by atoms with van der Waals surface area (Å²) in [7, 11) is -0.765. The lowest BCUT2D eigenvalue weighted by Crippen LogP contribution is -2.13. The Hall–Kier alpha value is -1.46. The molecule has 0 aliphatic carbocycles. The van der Waals surface area contributed by atoms with Gasteiger partial charge in [-0.2, -0.15) is 0 Å². The molecule has 0 N–H and O–H groups in total. The maximum Gasteiger partial charge on any atom is 0.131 e. The molecule has 2 aromatic carbocycles. The van der Waals surface area contributed by atoms with Gasteiger partial charge in [0.2, 0.25) is 0 Å². The Kier molecular flexibility index (Phi) is 6.14. The first-order valence-electron chi connectivity index (χ1n) is 7.48. The van der Waals surface area contributed by atoms with Crippen LogP contribution in [-0.2, 0) is 0 Å². The highest BCUT2D eigenvalue weighted by Gasteiger charge is 2.15. The fourth-order valence-corrected chi connectivity index (χ4v) is 4.44. The summed E-state index contributed by atoms with van der Waals surface area (Å²) < 4.78 is 14.2. The fourth-order valence-electron chi connectivity index (χ4n) is 2.26. The van der Waals surface area contributed by atoms with Crippen molar-refractivity contribution in [2.45, 2.75) is 33.1 Å². The Morgan fingerprint density at radius 2 is 1.71 bits per heavy atom. The van der Waals surface area contributed by atoms with Gasteiger partial charge in [0.25, 0.3) is 0 Å². The van der Waals surface area contributed by atoms with Gasteiger partial charge < -0.3 is 0 Å². The van der Waals surface area contributed by atoms with Gasteiger partial charge in [-0.25, -0.2) is 4.39 Å². The molecule has 2 aromatic rings. The first kappa shape index (κ1) is 15.9. The van der Waals surface area contributed by atoms with Crippen LogP contribution in [0, 0.1) is 5.82 Å². The molecule has 0 radical (unpaired) electrons. The monoisotopic (exact) mass is 300 g/mol. The Labute approximate surface area is 128 Å². The summed E-state index contributed by atoms with van der Waals surface area (Å²) in [5.74, 6) is 2.17. The number of benzene rings is 2. The average Bonchev–Trinajstić information content (AvgIpc) is 2.52. The highest BCUT2D eigenvalue weighted by Crippen LogP contribution is 2.38. The predicted molar refractivity (Wildman–Crippen MR) is 92.3 cm³/mol. The molecule has 0 saturated heterocycles. The topological polar surface area (TPSA) is 0 Å². The minimum atomic E-state index is -0.765. The number of hydrogen-bond donors (Lipinski definition) is 0. The van der Waals surface area contributed by atoms with Crippen molar-refractivity contribution in [3.8, 4) is 0 Å². The standard InChI is InChI=1S/C19H22FP/c1-3-4-10-16(2)15-21(17-11-6-5-7-12-17)19-14-9-8-13-18(19)20/h5-9,11-15H,3-4,10H2,1-2H3/b16-15+. The Bertz CT molecular complexity index is 590. The number of rotatable bonds is 6. The van der Waals surface area contributed by atoms with Crippen LogP contribution < -0.4 is 10.6 Å². The number of halogens is 1. The highest BCUT2D eigenvalue weighted by molar-refractivity contribution is 7.75. The largest absolute Gasteiger partial charge is 0.206 e. The summed E-state index contributed by atoms with van der Waals surface area (Å²) in [6, 6.07) is 17.4. The van der Waals surface area contributed by atoms with Crippen LogP contribution >= 0.6 is 7.92 Å².